The van der Waals surface area contributed by atoms with E-state index in [1.165, 1.54) is 12.1 Å². The van der Waals surface area contributed by atoms with Gasteiger partial charge in [-0.3, -0.25) is 4.79 Å². The van der Waals surface area contributed by atoms with Crippen molar-refractivity contribution in [2.45, 2.75) is 49.5 Å². The molecule has 6 heteroatoms. The van der Waals surface area contributed by atoms with Crippen LogP contribution in [0.3, 0.4) is 0 Å². The van der Waals surface area contributed by atoms with Gasteiger partial charge >= 0.3 is 0 Å². The quantitative estimate of drug-likeness (QED) is 0.801. The fourth-order valence-corrected chi connectivity index (χ4v) is 4.18. The van der Waals surface area contributed by atoms with E-state index in [9.17, 15) is 13.2 Å². The Hall–Kier alpha value is -1.24. The minimum absolute atomic E-state index is 0.0896. The van der Waals surface area contributed by atoms with Crippen LogP contribution >= 0.6 is 0 Å². The first-order valence-electron chi connectivity index (χ1n) is 7.76. The summed E-state index contributed by atoms with van der Waals surface area (Å²) in [6.45, 7) is -0.222. The van der Waals surface area contributed by atoms with Crippen molar-refractivity contribution in [2.75, 3.05) is 6.61 Å². The average molecular weight is 325 g/mol. The summed E-state index contributed by atoms with van der Waals surface area (Å²) in [7, 11) is -3.75. The summed E-state index contributed by atoms with van der Waals surface area (Å²) < 4.78 is 27.2. The van der Waals surface area contributed by atoms with Crippen molar-refractivity contribution >= 4 is 15.8 Å². The molecular formula is C16H23NO4S. The maximum Gasteiger partial charge on any atom is 0.241 e. The van der Waals surface area contributed by atoms with Crippen molar-refractivity contribution in [3.8, 4) is 0 Å². The maximum absolute atomic E-state index is 12.6. The molecule has 1 atom stereocenters. The number of Topliss-reactive ketones (excluding diaryl/α,β-unsaturated/α-hetero) is 1. The molecule has 0 aliphatic heterocycles. The Labute approximate surface area is 131 Å². The molecule has 1 aromatic carbocycles. The Balaban J connectivity index is 2.12. The molecular weight excluding hydrogens is 302 g/mol. The first-order chi connectivity index (χ1) is 10.5. The normalized spacial score (nSPS) is 18.0. The van der Waals surface area contributed by atoms with E-state index in [2.05, 4.69) is 4.72 Å². The topological polar surface area (TPSA) is 83.5 Å². The van der Waals surface area contributed by atoms with Crippen molar-refractivity contribution in [1.82, 2.24) is 4.72 Å². The zero-order valence-corrected chi connectivity index (χ0v) is 13.4. The highest BCUT2D eigenvalue weighted by Gasteiger charge is 2.31. The number of benzene rings is 1. The number of hydrogen-bond donors (Lipinski definition) is 2. The fourth-order valence-electron chi connectivity index (χ4n) is 2.91. The molecule has 1 aliphatic rings. The zero-order chi connectivity index (χ0) is 16.0. The second-order valence-electron chi connectivity index (χ2n) is 5.74. The highest BCUT2D eigenvalue weighted by molar-refractivity contribution is 7.89. The predicted octanol–water partition coefficient (Wildman–Crippen LogP) is 1.87. The molecule has 5 nitrogen and oxygen atoms in total. The average Bonchev–Trinajstić information content (AvgIpc) is 2.55. The van der Waals surface area contributed by atoms with Crippen molar-refractivity contribution < 1.29 is 18.3 Å². The van der Waals surface area contributed by atoms with Crippen LogP contribution in [0.5, 0.6) is 0 Å². The Kier molecular flexibility index (Phi) is 6.11. The fraction of sp³-hybridized carbons (Fsp3) is 0.562. The van der Waals surface area contributed by atoms with Gasteiger partial charge in [0.15, 0.2) is 5.78 Å². The van der Waals surface area contributed by atoms with Gasteiger partial charge in [-0.05, 0) is 31.4 Å². The zero-order valence-electron chi connectivity index (χ0n) is 12.6. The van der Waals surface area contributed by atoms with Gasteiger partial charge < -0.3 is 5.11 Å². The molecule has 2 rings (SSSR count). The standard InChI is InChI=1S/C16H23NO4S/c18-12-11-15(16(19)13-7-3-1-4-8-13)17-22(20,21)14-9-5-2-6-10-14/h2,5-6,9-10,13,15,17-18H,1,3-4,7-8,11-12H2/t15-/m0/s1. The number of hydrogen-bond acceptors (Lipinski definition) is 4. The number of carbonyl (C=O) groups is 1. The number of carbonyl (C=O) groups excluding carboxylic acids is 1. The summed E-state index contributed by atoms with van der Waals surface area (Å²) >= 11 is 0. The van der Waals surface area contributed by atoms with Crippen LogP contribution < -0.4 is 4.72 Å². The minimum Gasteiger partial charge on any atom is -0.396 e. The van der Waals surface area contributed by atoms with Crippen molar-refractivity contribution in [3.63, 3.8) is 0 Å². The molecule has 0 saturated heterocycles. The van der Waals surface area contributed by atoms with E-state index in [1.807, 2.05) is 0 Å². The van der Waals surface area contributed by atoms with Crippen molar-refractivity contribution in [2.24, 2.45) is 5.92 Å². The number of sulfonamides is 1. The van der Waals surface area contributed by atoms with Crippen LogP contribution in [0.1, 0.15) is 38.5 Å². The molecule has 2 N–H and O–H groups in total. The van der Waals surface area contributed by atoms with E-state index in [-0.39, 0.29) is 29.6 Å². The Morgan fingerprint density at radius 3 is 2.41 bits per heavy atom. The second kappa shape index (κ2) is 7.85. The lowest BCUT2D eigenvalue weighted by molar-refractivity contribution is -0.125. The molecule has 1 saturated carbocycles. The van der Waals surface area contributed by atoms with Gasteiger partial charge in [-0.25, -0.2) is 13.1 Å². The summed E-state index contributed by atoms with van der Waals surface area (Å²) in [5.41, 5.74) is 0. The van der Waals surface area contributed by atoms with Crippen LogP contribution in [0.2, 0.25) is 0 Å². The van der Waals surface area contributed by atoms with E-state index < -0.39 is 16.1 Å². The summed E-state index contributed by atoms with van der Waals surface area (Å²) in [4.78, 5) is 12.7. The number of aliphatic hydroxyl groups is 1. The number of nitrogens with one attached hydrogen (secondary N) is 1. The molecule has 1 aliphatic carbocycles. The number of ketones is 1. The first-order valence-corrected chi connectivity index (χ1v) is 9.25. The highest BCUT2D eigenvalue weighted by atomic mass is 32.2. The van der Waals surface area contributed by atoms with Gasteiger partial charge in [-0.2, -0.15) is 0 Å². The van der Waals surface area contributed by atoms with Gasteiger partial charge in [0, 0.05) is 12.5 Å². The highest BCUT2D eigenvalue weighted by Crippen LogP contribution is 2.26. The SMILES string of the molecule is O=C(C1CCCCC1)[C@H](CCO)NS(=O)(=O)c1ccccc1. The Morgan fingerprint density at radius 1 is 1.18 bits per heavy atom. The van der Waals surface area contributed by atoms with Crippen LogP contribution in [-0.2, 0) is 14.8 Å². The molecule has 0 heterocycles. The van der Waals surface area contributed by atoms with E-state index in [4.69, 9.17) is 5.11 Å². The largest absolute Gasteiger partial charge is 0.396 e. The molecule has 122 valence electrons. The predicted molar refractivity (Wildman–Crippen MR) is 83.8 cm³/mol. The first kappa shape index (κ1) is 17.1. The summed E-state index contributed by atoms with van der Waals surface area (Å²) in [5.74, 6) is -0.183. The van der Waals surface area contributed by atoms with E-state index >= 15 is 0 Å². The van der Waals surface area contributed by atoms with Crippen molar-refractivity contribution in [1.29, 1.82) is 0 Å². The molecule has 0 aromatic heterocycles. The summed E-state index contributed by atoms with van der Waals surface area (Å²) in [6.07, 6.45) is 4.88. The Morgan fingerprint density at radius 2 is 1.82 bits per heavy atom. The van der Waals surface area contributed by atoms with Gasteiger partial charge in [0.1, 0.15) is 0 Å². The molecule has 22 heavy (non-hydrogen) atoms. The van der Waals surface area contributed by atoms with Crippen LogP contribution in [0.4, 0.5) is 0 Å². The van der Waals surface area contributed by atoms with E-state index in [0.717, 1.165) is 32.1 Å². The van der Waals surface area contributed by atoms with Crippen LogP contribution in [-0.4, -0.2) is 32.0 Å². The second-order valence-corrected chi connectivity index (χ2v) is 7.45. The van der Waals surface area contributed by atoms with Gasteiger partial charge in [-0.15, -0.1) is 0 Å². The molecule has 1 aromatic rings. The number of rotatable bonds is 7. The minimum atomic E-state index is -3.75. The van der Waals surface area contributed by atoms with E-state index in [1.54, 1.807) is 18.2 Å². The molecule has 0 radical (unpaired) electrons. The lowest BCUT2D eigenvalue weighted by Crippen LogP contribution is -2.44. The van der Waals surface area contributed by atoms with Gasteiger partial charge in [0.05, 0.1) is 10.9 Å². The lowest BCUT2D eigenvalue weighted by Gasteiger charge is -2.25. The van der Waals surface area contributed by atoms with Crippen LogP contribution in [0.25, 0.3) is 0 Å². The molecule has 0 bridgehead atoms. The van der Waals surface area contributed by atoms with E-state index in [0.29, 0.717) is 0 Å². The van der Waals surface area contributed by atoms with Crippen molar-refractivity contribution in [3.05, 3.63) is 30.3 Å². The maximum atomic E-state index is 12.6. The number of aliphatic hydroxyl groups excluding tert-OH is 1. The lowest BCUT2D eigenvalue weighted by atomic mass is 9.83. The summed E-state index contributed by atoms with van der Waals surface area (Å²) in [5, 5.41) is 9.16. The third-order valence-corrected chi connectivity index (χ3v) is 5.61. The molecule has 0 unspecified atom stereocenters. The smallest absolute Gasteiger partial charge is 0.241 e. The molecule has 0 amide bonds. The Bertz CT molecular complexity index is 579. The molecule has 1 fully saturated rings. The van der Waals surface area contributed by atoms with Gasteiger partial charge in [0.25, 0.3) is 0 Å². The van der Waals surface area contributed by atoms with Gasteiger partial charge in [-0.1, -0.05) is 37.5 Å². The third-order valence-electron chi connectivity index (χ3n) is 4.12. The summed E-state index contributed by atoms with van der Waals surface area (Å²) in [6, 6.07) is 7.14. The van der Waals surface area contributed by atoms with Gasteiger partial charge in [0.2, 0.25) is 10.0 Å². The van der Waals surface area contributed by atoms with Crippen LogP contribution in [0.15, 0.2) is 35.2 Å². The molecule has 0 spiro atoms. The third kappa shape index (κ3) is 4.38. The van der Waals surface area contributed by atoms with Crippen LogP contribution in [0, 0.1) is 5.92 Å². The monoisotopic (exact) mass is 325 g/mol.